The number of carbonyl (C=O) groups excluding carboxylic acids is 2. The van der Waals surface area contributed by atoms with Crippen LogP contribution >= 0.6 is 11.3 Å². The third-order valence-electron chi connectivity index (χ3n) is 7.44. The zero-order chi connectivity index (χ0) is 30.1. The number of hydrogen-bond acceptors (Lipinski definition) is 7. The molecule has 2 aromatic rings. The number of aromatic nitrogens is 2. The summed E-state index contributed by atoms with van der Waals surface area (Å²) in [5.74, 6) is -1.31. The summed E-state index contributed by atoms with van der Waals surface area (Å²) in [6, 6.07) is -1.22. The molecule has 226 valence electrons. The van der Waals surface area contributed by atoms with Gasteiger partial charge in [0.15, 0.2) is 5.01 Å². The minimum atomic E-state index is -4.60. The molecule has 2 aromatic heterocycles. The van der Waals surface area contributed by atoms with Gasteiger partial charge in [0.1, 0.15) is 17.6 Å². The highest BCUT2D eigenvalue weighted by atomic mass is 32.1. The number of nitrogens with one attached hydrogen (secondary N) is 1. The molecule has 0 aromatic carbocycles. The third kappa shape index (κ3) is 6.79. The van der Waals surface area contributed by atoms with Crippen molar-refractivity contribution in [3.63, 3.8) is 0 Å². The molecular weight excluding hydrogens is 569 g/mol. The molecule has 8 nitrogen and oxygen atoms in total. The van der Waals surface area contributed by atoms with E-state index < -0.39 is 36.0 Å². The smallest absolute Gasteiger partial charge is 0.372 e. The van der Waals surface area contributed by atoms with E-state index in [1.165, 1.54) is 6.92 Å². The van der Waals surface area contributed by atoms with Gasteiger partial charge in [0.2, 0.25) is 0 Å². The molecular formula is C27H34F5N5O3S. The lowest BCUT2D eigenvalue weighted by Crippen LogP contribution is -2.49. The van der Waals surface area contributed by atoms with Crippen LogP contribution in [0.1, 0.15) is 85.7 Å². The fraction of sp³-hybridized carbons (Fsp3) is 0.630. The van der Waals surface area contributed by atoms with Crippen LogP contribution in [0.2, 0.25) is 0 Å². The number of pyridine rings is 1. The lowest BCUT2D eigenvalue weighted by Gasteiger charge is -2.36. The second kappa shape index (κ2) is 12.6. The van der Waals surface area contributed by atoms with E-state index >= 15 is 0 Å². The van der Waals surface area contributed by atoms with Gasteiger partial charge in [-0.25, -0.2) is 18.7 Å². The van der Waals surface area contributed by atoms with Crippen LogP contribution in [0.3, 0.4) is 0 Å². The molecule has 0 saturated carbocycles. The number of hydrogen-bond donors (Lipinski definition) is 1. The number of carbonyl (C=O) groups is 2. The lowest BCUT2D eigenvalue weighted by molar-refractivity contribution is -0.142. The molecule has 2 saturated heterocycles. The summed E-state index contributed by atoms with van der Waals surface area (Å²) in [6.45, 7) is 8.06. The number of morpholine rings is 1. The minimum absolute atomic E-state index is 0.0306. The number of thiazole rings is 1. The Bertz CT molecular complexity index is 1260. The van der Waals surface area contributed by atoms with Gasteiger partial charge >= 0.3 is 6.18 Å². The molecule has 2 aliphatic heterocycles. The molecule has 2 unspecified atom stereocenters. The predicted octanol–water partition coefficient (Wildman–Crippen LogP) is 6.16. The number of nitrogens with zero attached hydrogens (tertiary/aromatic N) is 4. The van der Waals surface area contributed by atoms with Crippen molar-refractivity contribution in [2.75, 3.05) is 25.0 Å². The summed E-state index contributed by atoms with van der Waals surface area (Å²) < 4.78 is 74.4. The van der Waals surface area contributed by atoms with Crippen molar-refractivity contribution >= 4 is 29.0 Å². The molecule has 1 N–H and O–H groups in total. The van der Waals surface area contributed by atoms with Crippen molar-refractivity contribution in [3.8, 4) is 10.4 Å². The van der Waals surface area contributed by atoms with Gasteiger partial charge in [0, 0.05) is 43.0 Å². The molecule has 0 spiro atoms. The molecule has 0 radical (unpaired) electrons. The summed E-state index contributed by atoms with van der Waals surface area (Å²) in [4.78, 5) is 38.8. The summed E-state index contributed by atoms with van der Waals surface area (Å²) in [6.07, 6.45) is -5.19. The number of halogens is 5. The van der Waals surface area contributed by atoms with Crippen LogP contribution in [-0.2, 0) is 4.74 Å². The summed E-state index contributed by atoms with van der Waals surface area (Å²) in [7, 11) is 0. The Morgan fingerprint density at radius 3 is 2.51 bits per heavy atom. The van der Waals surface area contributed by atoms with Crippen LogP contribution in [0.25, 0.3) is 10.4 Å². The number of likely N-dealkylation sites (tertiary alicyclic amines) is 1. The average Bonchev–Trinajstić information content (AvgIpc) is 3.56. The topological polar surface area (TPSA) is 87.7 Å². The van der Waals surface area contributed by atoms with Crippen molar-refractivity contribution < 1.29 is 36.3 Å². The number of amides is 2. The van der Waals surface area contributed by atoms with Crippen molar-refractivity contribution in [3.05, 3.63) is 28.5 Å². The molecule has 0 aliphatic carbocycles. The van der Waals surface area contributed by atoms with Crippen molar-refractivity contribution in [1.29, 1.82) is 0 Å². The maximum atomic E-state index is 14.3. The zero-order valence-corrected chi connectivity index (χ0v) is 24.1. The van der Waals surface area contributed by atoms with E-state index in [0.29, 0.717) is 26.1 Å². The van der Waals surface area contributed by atoms with Gasteiger partial charge in [-0.05, 0) is 45.6 Å². The highest BCUT2D eigenvalue weighted by molar-refractivity contribution is 7.17. The Labute approximate surface area is 239 Å². The Morgan fingerprint density at radius 2 is 1.93 bits per heavy atom. The molecule has 2 amide bonds. The summed E-state index contributed by atoms with van der Waals surface area (Å²) in [5, 5.41) is 2.14. The van der Waals surface area contributed by atoms with Crippen LogP contribution in [0.5, 0.6) is 0 Å². The molecule has 4 heterocycles. The first-order chi connectivity index (χ1) is 19.3. The van der Waals surface area contributed by atoms with Crippen molar-refractivity contribution in [2.24, 2.45) is 0 Å². The Morgan fingerprint density at radius 1 is 1.20 bits per heavy atom. The van der Waals surface area contributed by atoms with Crippen LogP contribution in [0.15, 0.2) is 12.3 Å². The maximum Gasteiger partial charge on any atom is 0.408 e. The molecule has 2 aliphatic rings. The van der Waals surface area contributed by atoms with Gasteiger partial charge in [0.05, 0.1) is 17.1 Å². The van der Waals surface area contributed by atoms with Crippen molar-refractivity contribution in [1.82, 2.24) is 19.8 Å². The van der Waals surface area contributed by atoms with Crippen LogP contribution in [0.4, 0.5) is 27.8 Å². The van der Waals surface area contributed by atoms with Crippen molar-refractivity contribution in [2.45, 2.75) is 90.3 Å². The van der Waals surface area contributed by atoms with Crippen LogP contribution in [0, 0.1) is 0 Å². The van der Waals surface area contributed by atoms with E-state index in [1.54, 1.807) is 9.80 Å². The molecule has 2 fully saturated rings. The van der Waals surface area contributed by atoms with Gasteiger partial charge in [-0.15, -0.1) is 11.3 Å². The lowest BCUT2D eigenvalue weighted by atomic mass is 10.1. The highest BCUT2D eigenvalue weighted by Gasteiger charge is 2.39. The quantitative estimate of drug-likeness (QED) is 0.364. The second-order valence-corrected chi connectivity index (χ2v) is 11.5. The zero-order valence-electron chi connectivity index (χ0n) is 23.3. The molecule has 41 heavy (non-hydrogen) atoms. The molecule has 4 atom stereocenters. The number of alkyl halides is 5. The maximum absolute atomic E-state index is 14.3. The van der Waals surface area contributed by atoms with E-state index in [1.807, 2.05) is 20.8 Å². The van der Waals surface area contributed by atoms with E-state index in [2.05, 4.69) is 15.3 Å². The molecule has 4 rings (SSSR count). The van der Waals surface area contributed by atoms with Gasteiger partial charge in [0.25, 0.3) is 18.2 Å². The standard InChI is InChI=1S/C27H34F5N5O3S/c1-5-16-13-36(12-15(4)40-16)26(39)24-35-21(25(38)37-9-7-8-14(37)3)22(41-24)18-11-33-20(10-17(18)23(28)29)34-19(6-2)27(30,31)32/h10-11,14-16,19,23H,5-9,12-13H2,1-4H3,(H,33,34)/t14-,15?,16?,19-/m0/s1. The van der Waals surface area contributed by atoms with Crippen LogP contribution in [-0.4, -0.2) is 81.7 Å². The fourth-order valence-electron chi connectivity index (χ4n) is 5.20. The number of ether oxygens (including phenoxy) is 1. The van der Waals surface area contributed by atoms with Gasteiger partial charge < -0.3 is 19.9 Å². The van der Waals surface area contributed by atoms with Gasteiger partial charge in [-0.3, -0.25) is 9.59 Å². The Hall–Kier alpha value is -2.87. The predicted molar refractivity (Wildman–Crippen MR) is 144 cm³/mol. The Balaban J connectivity index is 1.77. The normalized spacial score (nSPS) is 22.3. The molecule has 0 bridgehead atoms. The number of anilines is 1. The van der Waals surface area contributed by atoms with Crippen LogP contribution < -0.4 is 5.32 Å². The Kier molecular flexibility index (Phi) is 9.52. The first-order valence-electron chi connectivity index (χ1n) is 13.7. The van der Waals surface area contributed by atoms with E-state index in [-0.39, 0.29) is 51.6 Å². The average molecular weight is 604 g/mol. The third-order valence-corrected chi connectivity index (χ3v) is 8.51. The van der Waals surface area contributed by atoms with Gasteiger partial charge in [-0.2, -0.15) is 13.2 Å². The first-order valence-corrected chi connectivity index (χ1v) is 14.5. The first kappa shape index (κ1) is 31.1. The van der Waals surface area contributed by atoms with E-state index in [4.69, 9.17) is 4.74 Å². The molecule has 14 heteroatoms. The SMILES string of the molecule is CCC1CN(C(=O)c2nc(C(=O)N3CCC[C@@H]3C)c(-c3cnc(N[C@@H](CC)C(F)(F)F)cc3C(F)F)s2)CC(C)O1. The summed E-state index contributed by atoms with van der Waals surface area (Å²) in [5.41, 5.74) is -0.914. The fourth-order valence-corrected chi connectivity index (χ4v) is 6.25. The number of rotatable bonds is 8. The monoisotopic (exact) mass is 603 g/mol. The largest absolute Gasteiger partial charge is 0.408 e. The van der Waals surface area contributed by atoms with Gasteiger partial charge in [-0.1, -0.05) is 13.8 Å². The second-order valence-electron chi connectivity index (χ2n) is 10.5. The summed E-state index contributed by atoms with van der Waals surface area (Å²) >= 11 is 0.808. The van der Waals surface area contributed by atoms with E-state index in [0.717, 1.165) is 36.4 Å². The van der Waals surface area contributed by atoms with E-state index in [9.17, 15) is 31.5 Å². The minimum Gasteiger partial charge on any atom is -0.372 e. The highest BCUT2D eigenvalue weighted by Crippen LogP contribution is 2.39.